The van der Waals surface area contributed by atoms with Gasteiger partial charge in [0.15, 0.2) is 0 Å². The second-order valence-electron chi connectivity index (χ2n) is 7.41. The Labute approximate surface area is 161 Å². The molecule has 3 rings (SSSR count). The molecule has 2 amide bonds. The van der Waals surface area contributed by atoms with Gasteiger partial charge in [0.1, 0.15) is 0 Å². The van der Waals surface area contributed by atoms with Gasteiger partial charge in [0, 0.05) is 52.4 Å². The van der Waals surface area contributed by atoms with Crippen LogP contribution in [0, 0.1) is 0 Å². The number of ether oxygens (including phenoxy) is 1. The molecule has 0 radical (unpaired) electrons. The third-order valence-corrected chi connectivity index (χ3v) is 7.83. The average molecular weight is 403 g/mol. The van der Waals surface area contributed by atoms with Crippen LogP contribution in [0.1, 0.15) is 32.1 Å². The van der Waals surface area contributed by atoms with Crippen molar-refractivity contribution in [1.82, 2.24) is 18.4 Å². The van der Waals surface area contributed by atoms with Gasteiger partial charge in [0.05, 0.1) is 13.2 Å². The van der Waals surface area contributed by atoms with Crippen LogP contribution in [0.15, 0.2) is 0 Å². The zero-order chi connectivity index (χ0) is 19.4. The fourth-order valence-electron chi connectivity index (χ4n) is 3.97. The van der Waals surface area contributed by atoms with Crippen molar-refractivity contribution in [3.63, 3.8) is 0 Å². The summed E-state index contributed by atoms with van der Waals surface area (Å²) >= 11 is 0. The second kappa shape index (κ2) is 8.85. The van der Waals surface area contributed by atoms with E-state index in [1.165, 1.54) is 24.8 Å². The summed E-state index contributed by atoms with van der Waals surface area (Å²) in [4.78, 5) is 27.7. The zero-order valence-electron chi connectivity index (χ0n) is 16.0. The molecule has 2 saturated heterocycles. The van der Waals surface area contributed by atoms with Gasteiger partial charge in [-0.1, -0.05) is 19.3 Å². The van der Waals surface area contributed by atoms with Crippen LogP contribution in [-0.4, -0.2) is 104 Å². The van der Waals surface area contributed by atoms with Crippen molar-refractivity contribution in [3.05, 3.63) is 0 Å². The molecule has 10 heteroatoms. The summed E-state index contributed by atoms with van der Waals surface area (Å²) in [6.07, 6.45) is 5.11. The van der Waals surface area contributed by atoms with Gasteiger partial charge in [-0.2, -0.15) is 17.0 Å². The third-order valence-electron chi connectivity index (χ3n) is 5.79. The number of hydrogen-bond donors (Lipinski definition) is 0. The van der Waals surface area contributed by atoms with Crippen LogP contribution < -0.4 is 0 Å². The van der Waals surface area contributed by atoms with Gasteiger partial charge < -0.3 is 14.5 Å². The zero-order valence-corrected chi connectivity index (χ0v) is 16.8. The van der Waals surface area contributed by atoms with Crippen LogP contribution in [0.25, 0.3) is 0 Å². The Kier molecular flexibility index (Phi) is 6.72. The van der Waals surface area contributed by atoms with Gasteiger partial charge in [0.2, 0.25) is 0 Å². The highest BCUT2D eigenvalue weighted by atomic mass is 32.2. The molecule has 3 aliphatic rings. The molecule has 0 aromatic carbocycles. The molecule has 0 bridgehead atoms. The standard InChI is InChI=1S/C17H30N4O5S/c1-18(15-5-3-2-4-6-15)27(24,25)21-9-7-19(8-10-21)16(22)17(23)20-11-13-26-14-12-20/h15H,2-14H2,1H3. The third kappa shape index (κ3) is 4.61. The number of piperazine rings is 1. The maximum absolute atomic E-state index is 12.9. The van der Waals surface area contributed by atoms with E-state index in [2.05, 4.69) is 0 Å². The lowest BCUT2D eigenvalue weighted by Gasteiger charge is -2.39. The summed E-state index contributed by atoms with van der Waals surface area (Å²) in [5.41, 5.74) is 0. The highest BCUT2D eigenvalue weighted by Gasteiger charge is 2.37. The normalized spacial score (nSPS) is 23.6. The molecule has 1 saturated carbocycles. The van der Waals surface area contributed by atoms with E-state index in [0.29, 0.717) is 26.3 Å². The lowest BCUT2D eigenvalue weighted by Crippen LogP contribution is -2.57. The molecule has 0 atom stereocenters. The molecule has 2 aliphatic heterocycles. The molecule has 0 aromatic heterocycles. The van der Waals surface area contributed by atoms with Crippen molar-refractivity contribution >= 4 is 22.0 Å². The summed E-state index contributed by atoms with van der Waals surface area (Å²) in [5, 5.41) is 0. The molecule has 3 fully saturated rings. The van der Waals surface area contributed by atoms with Crippen molar-refractivity contribution in [3.8, 4) is 0 Å². The van der Waals surface area contributed by atoms with Crippen LogP contribution in [0.5, 0.6) is 0 Å². The van der Waals surface area contributed by atoms with Crippen molar-refractivity contribution in [2.24, 2.45) is 0 Å². The van der Waals surface area contributed by atoms with Gasteiger partial charge in [0.25, 0.3) is 10.2 Å². The Bertz CT molecular complexity index is 636. The minimum Gasteiger partial charge on any atom is -0.378 e. The van der Waals surface area contributed by atoms with Gasteiger partial charge in [-0.15, -0.1) is 0 Å². The van der Waals surface area contributed by atoms with Crippen LogP contribution in [0.2, 0.25) is 0 Å². The number of amides is 2. The molecule has 9 nitrogen and oxygen atoms in total. The number of hydrogen-bond acceptors (Lipinski definition) is 5. The lowest BCUT2D eigenvalue weighted by atomic mass is 9.96. The van der Waals surface area contributed by atoms with Gasteiger partial charge in [-0.3, -0.25) is 9.59 Å². The number of carbonyl (C=O) groups is 2. The molecule has 1 aliphatic carbocycles. The first-order valence-corrected chi connectivity index (χ1v) is 11.2. The van der Waals surface area contributed by atoms with Crippen molar-refractivity contribution < 1.29 is 22.7 Å². The summed E-state index contributed by atoms with van der Waals surface area (Å²) in [6.45, 7) is 2.66. The second-order valence-corrected chi connectivity index (χ2v) is 9.40. The first-order valence-electron chi connectivity index (χ1n) is 9.80. The molecule has 0 unspecified atom stereocenters. The molecule has 0 spiro atoms. The molecular formula is C17H30N4O5S. The van der Waals surface area contributed by atoms with Crippen molar-refractivity contribution in [1.29, 1.82) is 0 Å². The summed E-state index contributed by atoms with van der Waals surface area (Å²) in [7, 11) is -1.88. The first kappa shape index (κ1) is 20.5. The number of carbonyl (C=O) groups excluding carboxylic acids is 2. The van der Waals surface area contributed by atoms with Crippen molar-refractivity contribution in [2.45, 2.75) is 38.1 Å². The smallest absolute Gasteiger partial charge is 0.312 e. The predicted octanol–water partition coefficient (Wildman–Crippen LogP) is -0.501. The number of nitrogens with zero attached hydrogens (tertiary/aromatic N) is 4. The largest absolute Gasteiger partial charge is 0.378 e. The maximum atomic E-state index is 12.9. The van der Waals surface area contributed by atoms with Crippen LogP contribution in [-0.2, 0) is 24.5 Å². The van der Waals surface area contributed by atoms with Gasteiger partial charge in [-0.05, 0) is 12.8 Å². The lowest BCUT2D eigenvalue weighted by molar-refractivity contribution is -0.154. The molecule has 154 valence electrons. The molecule has 27 heavy (non-hydrogen) atoms. The van der Waals surface area contributed by atoms with E-state index in [4.69, 9.17) is 4.74 Å². The van der Waals surface area contributed by atoms with Crippen molar-refractivity contribution in [2.75, 3.05) is 59.5 Å². The Balaban J connectivity index is 1.54. The van der Waals surface area contributed by atoms with E-state index in [9.17, 15) is 18.0 Å². The van der Waals surface area contributed by atoms with E-state index >= 15 is 0 Å². The Morgan fingerprint density at radius 3 is 1.93 bits per heavy atom. The topological polar surface area (TPSA) is 90.5 Å². The number of rotatable bonds is 3. The Hall–Kier alpha value is -1.23. The van der Waals surface area contributed by atoms with E-state index in [1.807, 2.05) is 0 Å². The maximum Gasteiger partial charge on any atom is 0.312 e. The fourth-order valence-corrected chi connectivity index (χ4v) is 5.55. The fraction of sp³-hybridized carbons (Fsp3) is 0.882. The van der Waals surface area contributed by atoms with Gasteiger partial charge in [-0.25, -0.2) is 0 Å². The monoisotopic (exact) mass is 402 g/mol. The minimum absolute atomic E-state index is 0.0614. The summed E-state index contributed by atoms with van der Waals surface area (Å²) in [5.74, 6) is -1.07. The molecule has 2 heterocycles. The van der Waals surface area contributed by atoms with Crippen LogP contribution >= 0.6 is 0 Å². The van der Waals surface area contributed by atoms with Crippen LogP contribution in [0.4, 0.5) is 0 Å². The predicted molar refractivity (Wildman–Crippen MR) is 99.1 cm³/mol. The minimum atomic E-state index is -3.53. The highest BCUT2D eigenvalue weighted by molar-refractivity contribution is 7.86. The van der Waals surface area contributed by atoms with E-state index in [0.717, 1.165) is 25.7 Å². The van der Waals surface area contributed by atoms with E-state index in [-0.39, 0.29) is 32.2 Å². The average Bonchev–Trinajstić information content (AvgIpc) is 2.73. The SMILES string of the molecule is CN(C1CCCCC1)S(=O)(=O)N1CCN(C(=O)C(=O)N2CCOCC2)CC1. The first-order chi connectivity index (χ1) is 12.9. The number of morpholine rings is 1. The summed E-state index contributed by atoms with van der Waals surface area (Å²) < 4.78 is 33.9. The molecular weight excluding hydrogens is 372 g/mol. The van der Waals surface area contributed by atoms with Crippen LogP contribution in [0.3, 0.4) is 0 Å². The highest BCUT2D eigenvalue weighted by Crippen LogP contribution is 2.25. The molecule has 0 N–H and O–H groups in total. The van der Waals surface area contributed by atoms with E-state index < -0.39 is 22.0 Å². The Morgan fingerprint density at radius 2 is 1.37 bits per heavy atom. The quantitative estimate of drug-likeness (QED) is 0.594. The molecule has 0 aromatic rings. The Morgan fingerprint density at radius 1 is 0.852 bits per heavy atom. The summed E-state index contributed by atoms with van der Waals surface area (Å²) in [6, 6.07) is 0.0614. The van der Waals surface area contributed by atoms with E-state index in [1.54, 1.807) is 7.05 Å². The van der Waals surface area contributed by atoms with Gasteiger partial charge >= 0.3 is 11.8 Å².